The molecule has 28 heavy (non-hydrogen) atoms. The summed E-state index contributed by atoms with van der Waals surface area (Å²) in [7, 11) is 0. The first-order valence-electron chi connectivity index (χ1n) is 8.30. The summed E-state index contributed by atoms with van der Waals surface area (Å²) in [6, 6.07) is 15.3. The van der Waals surface area contributed by atoms with Crippen LogP contribution in [0.25, 0.3) is 22.3 Å². The Kier molecular flexibility index (Phi) is 5.74. The van der Waals surface area contributed by atoms with Gasteiger partial charge in [-0.15, -0.1) is 12.4 Å². The number of benzene rings is 2. The third-order valence-corrected chi connectivity index (χ3v) is 4.39. The normalized spacial score (nSPS) is 12.9. The summed E-state index contributed by atoms with van der Waals surface area (Å²) >= 11 is 6.33. The van der Waals surface area contributed by atoms with Crippen molar-refractivity contribution in [2.75, 3.05) is 4.90 Å². The van der Waals surface area contributed by atoms with Crippen molar-refractivity contribution in [2.45, 2.75) is 6.92 Å². The van der Waals surface area contributed by atoms with Crippen LogP contribution in [0, 0.1) is 11.3 Å². The smallest absolute Gasteiger partial charge is 0.167 e. The number of anilines is 1. The number of aromatic nitrogens is 2. The molecule has 0 amide bonds. The van der Waals surface area contributed by atoms with Crippen molar-refractivity contribution >= 4 is 46.9 Å². The Balaban J connectivity index is 0.00000225. The molecule has 0 saturated heterocycles. The monoisotopic (exact) mass is 407 g/mol. The molecule has 1 aliphatic heterocycles. The van der Waals surface area contributed by atoms with Crippen molar-refractivity contribution in [1.82, 2.24) is 9.97 Å². The van der Waals surface area contributed by atoms with Crippen LogP contribution in [0.5, 0.6) is 0 Å². The average molecular weight is 408 g/mol. The van der Waals surface area contributed by atoms with Gasteiger partial charge in [0.2, 0.25) is 0 Å². The number of hydrogen-bond acceptors (Lipinski definition) is 5. The fourth-order valence-electron chi connectivity index (χ4n) is 2.94. The lowest BCUT2D eigenvalue weighted by Gasteiger charge is -2.22. The molecule has 0 bridgehead atoms. The van der Waals surface area contributed by atoms with Gasteiger partial charge in [0.25, 0.3) is 0 Å². The second kappa shape index (κ2) is 8.22. The second-order valence-electron chi connectivity index (χ2n) is 5.97. The number of allylic oxidation sites excluding steroid dienone is 2. The quantitative estimate of drug-likeness (QED) is 0.561. The van der Waals surface area contributed by atoms with E-state index in [0.29, 0.717) is 21.7 Å². The summed E-state index contributed by atoms with van der Waals surface area (Å²) in [6.45, 7) is 1.95. The zero-order chi connectivity index (χ0) is 18.8. The van der Waals surface area contributed by atoms with Crippen LogP contribution in [0.15, 0.2) is 71.6 Å². The van der Waals surface area contributed by atoms with Gasteiger partial charge < -0.3 is 4.90 Å². The number of halogens is 2. The summed E-state index contributed by atoms with van der Waals surface area (Å²) < 4.78 is 0. The minimum atomic E-state index is 0. The Morgan fingerprint density at radius 1 is 1.11 bits per heavy atom. The lowest BCUT2D eigenvalue weighted by atomic mass is 10.1. The van der Waals surface area contributed by atoms with Gasteiger partial charge in [0.15, 0.2) is 5.69 Å². The van der Waals surface area contributed by atoms with Crippen LogP contribution < -0.4 is 4.90 Å². The topological polar surface area (TPSA) is 65.2 Å². The van der Waals surface area contributed by atoms with E-state index in [1.807, 2.05) is 60.5 Å². The molecular weight excluding hydrogens is 393 g/mol. The maximum absolute atomic E-state index is 9.57. The van der Waals surface area contributed by atoms with Crippen LogP contribution in [-0.4, -0.2) is 16.2 Å². The number of nitrogens with zero attached hydrogens (tertiary/aromatic N) is 5. The number of hydrogen-bond donors (Lipinski definition) is 0. The van der Waals surface area contributed by atoms with Gasteiger partial charge >= 0.3 is 0 Å². The molecule has 138 valence electrons. The molecule has 1 aliphatic rings. The van der Waals surface area contributed by atoms with E-state index < -0.39 is 0 Å². The average Bonchev–Trinajstić information content (AvgIpc) is 2.91. The van der Waals surface area contributed by atoms with E-state index in [4.69, 9.17) is 16.6 Å². The van der Waals surface area contributed by atoms with Gasteiger partial charge in [-0.05, 0) is 25.1 Å². The highest BCUT2D eigenvalue weighted by molar-refractivity contribution is 6.31. The highest BCUT2D eigenvalue weighted by atomic mass is 35.5. The third-order valence-electron chi connectivity index (χ3n) is 4.18. The van der Waals surface area contributed by atoms with Crippen molar-refractivity contribution in [3.8, 4) is 17.3 Å². The van der Waals surface area contributed by atoms with Gasteiger partial charge in [0.1, 0.15) is 17.3 Å². The molecule has 0 radical (unpaired) electrons. The Labute approximate surface area is 173 Å². The van der Waals surface area contributed by atoms with Crippen LogP contribution >= 0.6 is 24.0 Å². The zero-order valence-corrected chi connectivity index (χ0v) is 16.4. The van der Waals surface area contributed by atoms with Crippen molar-refractivity contribution < 1.29 is 0 Å². The fourth-order valence-corrected chi connectivity index (χ4v) is 3.15. The van der Waals surface area contributed by atoms with Gasteiger partial charge in [-0.2, -0.15) is 5.26 Å². The molecule has 1 aromatic heterocycles. The van der Waals surface area contributed by atoms with Gasteiger partial charge in [-0.1, -0.05) is 41.9 Å². The lowest BCUT2D eigenvalue weighted by Crippen LogP contribution is -2.14. The van der Waals surface area contributed by atoms with Crippen LogP contribution in [0.3, 0.4) is 0 Å². The van der Waals surface area contributed by atoms with Crippen molar-refractivity contribution in [1.29, 1.82) is 5.26 Å². The predicted molar refractivity (Wildman–Crippen MR) is 116 cm³/mol. The standard InChI is InChI=1S/C21H14ClN5.ClH/c1-14-13-24-8-5-9-27(14)19-11-16(22)10-17-21(19)26-20(18(12-23)25-17)15-6-3-2-4-7-15;/h2-11,13H,1H3;1H. The second-order valence-corrected chi connectivity index (χ2v) is 6.41. The Bertz CT molecular complexity index is 1160. The minimum Gasteiger partial charge on any atom is -0.317 e. The molecule has 0 N–H and O–H groups in total. The maximum atomic E-state index is 9.57. The van der Waals surface area contributed by atoms with E-state index in [1.54, 1.807) is 18.5 Å². The SMILES string of the molecule is CC1=CN=CC=CN1c1cc(Cl)cc2nc(C#N)c(-c3ccccc3)nc12.Cl. The van der Waals surface area contributed by atoms with Crippen LogP contribution in [0.1, 0.15) is 12.6 Å². The molecule has 3 aromatic rings. The fraction of sp³-hybridized carbons (Fsp3) is 0.0476. The van der Waals surface area contributed by atoms with E-state index in [-0.39, 0.29) is 18.1 Å². The highest BCUT2D eigenvalue weighted by Crippen LogP contribution is 2.34. The highest BCUT2D eigenvalue weighted by Gasteiger charge is 2.18. The number of fused-ring (bicyclic) bond motifs is 1. The number of aliphatic imine (C=N–C) groups is 1. The molecule has 2 aromatic carbocycles. The zero-order valence-electron chi connectivity index (χ0n) is 14.9. The van der Waals surface area contributed by atoms with Crippen LogP contribution in [0.2, 0.25) is 5.02 Å². The molecule has 0 saturated carbocycles. The van der Waals surface area contributed by atoms with Gasteiger partial charge in [0.05, 0.1) is 11.2 Å². The molecule has 0 spiro atoms. The van der Waals surface area contributed by atoms with Gasteiger partial charge in [-0.3, -0.25) is 4.99 Å². The predicted octanol–water partition coefficient (Wildman–Crippen LogP) is 5.51. The van der Waals surface area contributed by atoms with Gasteiger partial charge in [-0.25, -0.2) is 9.97 Å². The summed E-state index contributed by atoms with van der Waals surface area (Å²) in [4.78, 5) is 15.5. The Morgan fingerprint density at radius 2 is 1.89 bits per heavy atom. The lowest BCUT2D eigenvalue weighted by molar-refractivity contribution is 1.14. The van der Waals surface area contributed by atoms with E-state index >= 15 is 0 Å². The molecule has 5 nitrogen and oxygen atoms in total. The Morgan fingerprint density at radius 3 is 2.64 bits per heavy atom. The summed E-state index contributed by atoms with van der Waals surface area (Å²) in [6.07, 6.45) is 7.22. The van der Waals surface area contributed by atoms with Crippen molar-refractivity contribution in [3.05, 3.63) is 77.4 Å². The maximum Gasteiger partial charge on any atom is 0.167 e. The van der Waals surface area contributed by atoms with Crippen LogP contribution in [-0.2, 0) is 0 Å². The molecule has 2 heterocycles. The summed E-state index contributed by atoms with van der Waals surface area (Å²) in [5.74, 6) is 0. The Hall–Kier alpha value is -3.20. The van der Waals surface area contributed by atoms with E-state index in [1.165, 1.54) is 0 Å². The first-order valence-corrected chi connectivity index (χ1v) is 8.68. The van der Waals surface area contributed by atoms with Gasteiger partial charge in [0, 0.05) is 34.9 Å². The van der Waals surface area contributed by atoms with Crippen molar-refractivity contribution in [2.24, 2.45) is 4.99 Å². The molecule has 0 atom stereocenters. The summed E-state index contributed by atoms with van der Waals surface area (Å²) in [5, 5.41) is 10.1. The number of nitriles is 1. The van der Waals surface area contributed by atoms with E-state index in [0.717, 1.165) is 16.9 Å². The number of rotatable bonds is 2. The van der Waals surface area contributed by atoms with Crippen LogP contribution in [0.4, 0.5) is 5.69 Å². The first kappa shape index (κ1) is 19.6. The van der Waals surface area contributed by atoms with E-state index in [9.17, 15) is 5.26 Å². The van der Waals surface area contributed by atoms with E-state index in [2.05, 4.69) is 16.0 Å². The third kappa shape index (κ3) is 3.61. The first-order chi connectivity index (χ1) is 13.2. The molecule has 0 fully saturated rings. The largest absolute Gasteiger partial charge is 0.317 e. The molecule has 4 rings (SSSR count). The molecule has 7 heteroatoms. The molecule has 0 aliphatic carbocycles. The molecule has 0 unspecified atom stereocenters. The van der Waals surface area contributed by atoms with Crippen molar-refractivity contribution in [3.63, 3.8) is 0 Å². The minimum absolute atomic E-state index is 0. The summed E-state index contributed by atoms with van der Waals surface area (Å²) in [5.41, 5.74) is 4.58. The molecular formula is C21H15Cl2N5.